The van der Waals surface area contributed by atoms with Gasteiger partial charge in [0.15, 0.2) is 5.82 Å². The van der Waals surface area contributed by atoms with Crippen molar-refractivity contribution in [3.05, 3.63) is 12.3 Å². The van der Waals surface area contributed by atoms with Gasteiger partial charge in [0.05, 0.1) is 0 Å². The number of hydrogen-bond acceptors (Lipinski definition) is 3. The third-order valence-corrected chi connectivity index (χ3v) is 0.882. The van der Waals surface area contributed by atoms with Gasteiger partial charge in [-0.15, -0.1) is 12.4 Å². The minimum absolute atomic E-state index is 0. The van der Waals surface area contributed by atoms with E-state index in [4.69, 9.17) is 0 Å². The fourth-order valence-electron chi connectivity index (χ4n) is 0.437. The number of anilines is 1. The van der Waals surface area contributed by atoms with Crippen LogP contribution in [0.15, 0.2) is 16.9 Å². The van der Waals surface area contributed by atoms with Crippen LogP contribution in [0, 0.1) is 0 Å². The molecule has 52 valence electrons. The van der Waals surface area contributed by atoms with Crippen molar-refractivity contribution >= 4 is 18.2 Å². The lowest BCUT2D eigenvalue weighted by Crippen LogP contribution is -2.08. The van der Waals surface area contributed by atoms with Crippen LogP contribution in [0.5, 0.6) is 0 Å². The van der Waals surface area contributed by atoms with E-state index in [2.05, 4.69) is 9.68 Å². The highest BCUT2D eigenvalue weighted by molar-refractivity contribution is 5.85. The predicted octanol–water partition coefficient (Wildman–Crippen LogP) is 1.16. The number of rotatable bonds is 1. The predicted molar refractivity (Wildman–Crippen MR) is 38.1 cm³/mol. The van der Waals surface area contributed by atoms with Crippen LogP contribution in [0.25, 0.3) is 0 Å². The molecule has 1 aromatic rings. The van der Waals surface area contributed by atoms with E-state index in [0.29, 0.717) is 0 Å². The molecule has 0 aromatic carbocycles. The summed E-state index contributed by atoms with van der Waals surface area (Å²) in [5.74, 6) is 0.852. The Morgan fingerprint density at radius 1 is 1.56 bits per heavy atom. The Morgan fingerprint density at radius 2 is 2.22 bits per heavy atom. The van der Waals surface area contributed by atoms with E-state index in [1.165, 1.54) is 0 Å². The molecule has 0 aliphatic heterocycles. The second-order valence-electron chi connectivity index (χ2n) is 1.75. The Hall–Kier alpha value is -0.700. The second-order valence-corrected chi connectivity index (χ2v) is 1.75. The van der Waals surface area contributed by atoms with Crippen LogP contribution in [0.1, 0.15) is 0 Å². The average molecular weight is 149 g/mol. The molecule has 0 bridgehead atoms. The molecule has 0 saturated carbocycles. The summed E-state index contributed by atoms with van der Waals surface area (Å²) in [6.07, 6.45) is 1.55. The summed E-state index contributed by atoms with van der Waals surface area (Å²) >= 11 is 0. The van der Waals surface area contributed by atoms with Gasteiger partial charge in [-0.1, -0.05) is 5.16 Å². The summed E-state index contributed by atoms with van der Waals surface area (Å²) in [6.45, 7) is 0. The van der Waals surface area contributed by atoms with Crippen molar-refractivity contribution in [2.75, 3.05) is 19.0 Å². The molecule has 0 atom stereocenters. The van der Waals surface area contributed by atoms with E-state index in [0.717, 1.165) is 5.82 Å². The molecule has 1 rings (SSSR count). The fourth-order valence-corrected chi connectivity index (χ4v) is 0.437. The van der Waals surface area contributed by atoms with E-state index in [-0.39, 0.29) is 12.4 Å². The van der Waals surface area contributed by atoms with Crippen molar-refractivity contribution < 1.29 is 4.52 Å². The van der Waals surface area contributed by atoms with Gasteiger partial charge in [-0.3, -0.25) is 0 Å². The maximum Gasteiger partial charge on any atom is 0.171 e. The van der Waals surface area contributed by atoms with E-state index in [9.17, 15) is 0 Å². The highest BCUT2D eigenvalue weighted by atomic mass is 35.5. The Bertz CT molecular complexity index is 150. The van der Waals surface area contributed by atoms with Crippen molar-refractivity contribution in [1.82, 2.24) is 5.16 Å². The summed E-state index contributed by atoms with van der Waals surface area (Å²) < 4.78 is 4.58. The van der Waals surface area contributed by atoms with Crippen LogP contribution in [0.2, 0.25) is 0 Å². The lowest BCUT2D eigenvalue weighted by atomic mass is 10.6. The largest absolute Gasteiger partial charge is 0.363 e. The van der Waals surface area contributed by atoms with Gasteiger partial charge < -0.3 is 9.42 Å². The fraction of sp³-hybridized carbons (Fsp3) is 0.400. The highest BCUT2D eigenvalue weighted by Crippen LogP contribution is 2.03. The summed E-state index contributed by atoms with van der Waals surface area (Å²) in [7, 11) is 3.83. The van der Waals surface area contributed by atoms with Crippen LogP contribution in [0.4, 0.5) is 5.82 Å². The van der Waals surface area contributed by atoms with Crippen molar-refractivity contribution in [3.63, 3.8) is 0 Å². The first-order valence-corrected chi connectivity index (χ1v) is 2.38. The lowest BCUT2D eigenvalue weighted by Gasteiger charge is -2.03. The third kappa shape index (κ3) is 1.93. The SMILES string of the molecule is CN(C)c1ccon1.Cl. The van der Waals surface area contributed by atoms with Crippen molar-refractivity contribution in [3.8, 4) is 0 Å². The molecule has 4 heteroatoms. The smallest absolute Gasteiger partial charge is 0.171 e. The van der Waals surface area contributed by atoms with Crippen LogP contribution >= 0.6 is 12.4 Å². The van der Waals surface area contributed by atoms with Crippen LogP contribution in [-0.2, 0) is 0 Å². The normalized spacial score (nSPS) is 8.22. The molecule has 0 fully saturated rings. The van der Waals surface area contributed by atoms with E-state index in [1.54, 1.807) is 12.3 Å². The molecule has 0 spiro atoms. The molecular weight excluding hydrogens is 140 g/mol. The van der Waals surface area contributed by atoms with Gasteiger partial charge in [-0.05, 0) is 0 Å². The van der Waals surface area contributed by atoms with Crippen molar-refractivity contribution in [2.45, 2.75) is 0 Å². The maximum absolute atomic E-state index is 4.58. The molecule has 0 saturated heterocycles. The minimum atomic E-state index is 0. The monoisotopic (exact) mass is 148 g/mol. The molecule has 0 amide bonds. The first kappa shape index (κ1) is 8.30. The van der Waals surface area contributed by atoms with Crippen molar-refractivity contribution in [1.29, 1.82) is 0 Å². The zero-order chi connectivity index (χ0) is 5.98. The third-order valence-electron chi connectivity index (χ3n) is 0.882. The van der Waals surface area contributed by atoms with Crippen LogP contribution in [0.3, 0.4) is 0 Å². The quantitative estimate of drug-likeness (QED) is 0.599. The van der Waals surface area contributed by atoms with E-state index >= 15 is 0 Å². The number of halogens is 1. The molecule has 0 radical (unpaired) electrons. The molecule has 1 aromatic heterocycles. The molecular formula is C5H9ClN2O. The first-order valence-electron chi connectivity index (χ1n) is 2.38. The second kappa shape index (κ2) is 3.35. The zero-order valence-electron chi connectivity index (χ0n) is 5.37. The number of hydrogen-bond donors (Lipinski definition) is 0. The summed E-state index contributed by atoms with van der Waals surface area (Å²) in [5, 5.41) is 3.67. The highest BCUT2D eigenvalue weighted by Gasteiger charge is 1.93. The average Bonchev–Trinajstić information content (AvgIpc) is 2.12. The van der Waals surface area contributed by atoms with Gasteiger partial charge in [0.1, 0.15) is 6.26 Å². The van der Waals surface area contributed by atoms with Crippen LogP contribution < -0.4 is 4.90 Å². The van der Waals surface area contributed by atoms with Crippen molar-refractivity contribution in [2.24, 2.45) is 0 Å². The topological polar surface area (TPSA) is 29.3 Å². The van der Waals surface area contributed by atoms with E-state index < -0.39 is 0 Å². The molecule has 1 heterocycles. The first-order chi connectivity index (χ1) is 3.80. The van der Waals surface area contributed by atoms with Gasteiger partial charge in [-0.2, -0.15) is 0 Å². The summed E-state index contributed by atoms with van der Waals surface area (Å²) in [5.41, 5.74) is 0. The van der Waals surface area contributed by atoms with E-state index in [1.807, 2.05) is 19.0 Å². The van der Waals surface area contributed by atoms with Crippen LogP contribution in [-0.4, -0.2) is 19.3 Å². The van der Waals surface area contributed by atoms with Gasteiger partial charge >= 0.3 is 0 Å². The van der Waals surface area contributed by atoms with Gasteiger partial charge in [0.2, 0.25) is 0 Å². The lowest BCUT2D eigenvalue weighted by molar-refractivity contribution is 0.420. The standard InChI is InChI=1S/C5H8N2O.ClH/c1-7(2)5-3-4-8-6-5;/h3-4H,1-2H3;1H. The number of aromatic nitrogens is 1. The Labute approximate surface area is 60.0 Å². The Morgan fingerprint density at radius 3 is 2.44 bits per heavy atom. The molecule has 0 aliphatic rings. The van der Waals surface area contributed by atoms with Gasteiger partial charge in [0, 0.05) is 20.2 Å². The van der Waals surface area contributed by atoms with Gasteiger partial charge in [-0.25, -0.2) is 0 Å². The Balaban J connectivity index is 0.000000640. The molecule has 3 nitrogen and oxygen atoms in total. The summed E-state index contributed by atoms with van der Waals surface area (Å²) in [4.78, 5) is 1.88. The Kier molecular flexibility index (Phi) is 3.09. The number of nitrogens with zero attached hydrogens (tertiary/aromatic N) is 2. The molecule has 0 N–H and O–H groups in total. The molecule has 0 unspecified atom stereocenters. The van der Waals surface area contributed by atoms with Gasteiger partial charge in [0.25, 0.3) is 0 Å². The molecule has 0 aliphatic carbocycles. The zero-order valence-corrected chi connectivity index (χ0v) is 6.18. The molecule has 9 heavy (non-hydrogen) atoms. The minimum Gasteiger partial charge on any atom is -0.363 e. The maximum atomic E-state index is 4.58. The summed E-state index contributed by atoms with van der Waals surface area (Å²) in [6, 6.07) is 1.81.